The van der Waals surface area contributed by atoms with Gasteiger partial charge in [0.05, 0.1) is 12.7 Å². The molecule has 0 bridgehead atoms. The summed E-state index contributed by atoms with van der Waals surface area (Å²) in [6.45, 7) is 2.96. The lowest BCUT2D eigenvalue weighted by atomic mass is 10.2. The molecule has 5 heteroatoms. The average molecular weight is 293 g/mol. The summed E-state index contributed by atoms with van der Waals surface area (Å²) in [4.78, 5) is 24.4. The normalized spacial score (nSPS) is 10.9. The van der Waals surface area contributed by atoms with E-state index in [1.807, 2.05) is 0 Å². The van der Waals surface area contributed by atoms with Crippen molar-refractivity contribution in [2.45, 2.75) is 39.0 Å². The minimum absolute atomic E-state index is 0.0336. The van der Waals surface area contributed by atoms with Gasteiger partial charge in [-0.05, 0) is 24.6 Å². The summed E-state index contributed by atoms with van der Waals surface area (Å²) >= 11 is 0. The molecule has 0 aliphatic carbocycles. The van der Waals surface area contributed by atoms with E-state index in [9.17, 15) is 9.59 Å². The zero-order valence-corrected chi connectivity index (χ0v) is 12.5. The second kappa shape index (κ2) is 9.80. The molecular weight excluding hydrogens is 270 g/mol. The standard InChI is InChI=1S/C16H23NO4/c1-2-3-4-5-11-17(12-10-16(19)20)15(18)9-8-14-7-6-13-21-14/h6-9,13H,2-5,10-12H2,1H3,(H,19,20)/b9-8+. The predicted octanol–water partition coefficient (Wildman–Crippen LogP) is 3.18. The van der Waals surface area contributed by atoms with Gasteiger partial charge in [-0.15, -0.1) is 0 Å². The molecule has 1 heterocycles. The van der Waals surface area contributed by atoms with Gasteiger partial charge in [-0.2, -0.15) is 0 Å². The number of aliphatic carboxylic acids is 1. The lowest BCUT2D eigenvalue weighted by Crippen LogP contribution is -2.32. The molecule has 1 aromatic rings. The van der Waals surface area contributed by atoms with Gasteiger partial charge in [0.1, 0.15) is 5.76 Å². The molecule has 1 amide bonds. The Morgan fingerprint density at radius 1 is 1.29 bits per heavy atom. The number of furan rings is 1. The Hall–Kier alpha value is -2.04. The van der Waals surface area contributed by atoms with Gasteiger partial charge in [-0.1, -0.05) is 26.2 Å². The first-order valence-electron chi connectivity index (χ1n) is 7.35. The molecule has 0 radical (unpaired) electrons. The van der Waals surface area contributed by atoms with Gasteiger partial charge < -0.3 is 14.4 Å². The van der Waals surface area contributed by atoms with E-state index in [0.29, 0.717) is 12.3 Å². The van der Waals surface area contributed by atoms with Crippen LogP contribution >= 0.6 is 0 Å². The van der Waals surface area contributed by atoms with Crippen molar-refractivity contribution in [2.24, 2.45) is 0 Å². The van der Waals surface area contributed by atoms with Crippen molar-refractivity contribution in [1.29, 1.82) is 0 Å². The number of unbranched alkanes of at least 4 members (excludes halogenated alkanes) is 3. The summed E-state index contributed by atoms with van der Waals surface area (Å²) in [6, 6.07) is 3.50. The largest absolute Gasteiger partial charge is 0.481 e. The maximum Gasteiger partial charge on any atom is 0.305 e. The predicted molar refractivity (Wildman–Crippen MR) is 80.7 cm³/mol. The number of rotatable bonds is 10. The minimum Gasteiger partial charge on any atom is -0.481 e. The van der Waals surface area contributed by atoms with E-state index in [1.54, 1.807) is 23.1 Å². The summed E-state index contributed by atoms with van der Waals surface area (Å²) in [7, 11) is 0. The molecule has 1 rings (SSSR count). The first-order valence-corrected chi connectivity index (χ1v) is 7.35. The SMILES string of the molecule is CCCCCCN(CCC(=O)O)C(=O)/C=C/c1ccco1. The number of carbonyl (C=O) groups excluding carboxylic acids is 1. The van der Waals surface area contributed by atoms with Crippen molar-refractivity contribution >= 4 is 18.0 Å². The summed E-state index contributed by atoms with van der Waals surface area (Å²) in [5.74, 6) is -0.465. The Kier molecular flexibility index (Phi) is 7.94. The molecule has 0 aromatic carbocycles. The Morgan fingerprint density at radius 2 is 2.10 bits per heavy atom. The summed E-state index contributed by atoms with van der Waals surface area (Å²) in [5, 5.41) is 8.76. The maximum absolute atomic E-state index is 12.1. The molecule has 116 valence electrons. The van der Waals surface area contributed by atoms with Gasteiger partial charge in [-0.25, -0.2) is 0 Å². The van der Waals surface area contributed by atoms with Gasteiger partial charge in [0, 0.05) is 19.2 Å². The van der Waals surface area contributed by atoms with Crippen LogP contribution in [0.3, 0.4) is 0 Å². The first-order chi connectivity index (χ1) is 10.1. The van der Waals surface area contributed by atoms with E-state index in [4.69, 9.17) is 9.52 Å². The van der Waals surface area contributed by atoms with Crippen molar-refractivity contribution in [3.63, 3.8) is 0 Å². The van der Waals surface area contributed by atoms with Crippen molar-refractivity contribution in [3.8, 4) is 0 Å². The van der Waals surface area contributed by atoms with E-state index in [0.717, 1.165) is 25.7 Å². The number of hydrogen-bond donors (Lipinski definition) is 1. The van der Waals surface area contributed by atoms with Crippen LogP contribution in [0.5, 0.6) is 0 Å². The minimum atomic E-state index is -0.892. The monoisotopic (exact) mass is 293 g/mol. The van der Waals surface area contributed by atoms with E-state index < -0.39 is 5.97 Å². The van der Waals surface area contributed by atoms with Crippen LogP contribution in [0.15, 0.2) is 28.9 Å². The quantitative estimate of drug-likeness (QED) is 0.531. The number of nitrogens with zero attached hydrogens (tertiary/aromatic N) is 1. The number of hydrogen-bond acceptors (Lipinski definition) is 3. The second-order valence-electron chi connectivity index (χ2n) is 4.88. The fourth-order valence-corrected chi connectivity index (χ4v) is 1.94. The van der Waals surface area contributed by atoms with Gasteiger partial charge in [0.25, 0.3) is 0 Å². The van der Waals surface area contributed by atoms with Gasteiger partial charge in [0.15, 0.2) is 0 Å². The Morgan fingerprint density at radius 3 is 2.71 bits per heavy atom. The zero-order valence-electron chi connectivity index (χ0n) is 12.5. The highest BCUT2D eigenvalue weighted by atomic mass is 16.4. The smallest absolute Gasteiger partial charge is 0.305 e. The zero-order chi connectivity index (χ0) is 15.5. The number of carbonyl (C=O) groups is 2. The Bertz CT molecular complexity index is 451. The van der Waals surface area contributed by atoms with Crippen LogP contribution in [0.4, 0.5) is 0 Å². The van der Waals surface area contributed by atoms with Crippen LogP contribution in [0.1, 0.15) is 44.8 Å². The van der Waals surface area contributed by atoms with Crippen molar-refractivity contribution in [1.82, 2.24) is 4.90 Å². The van der Waals surface area contributed by atoms with Crippen molar-refractivity contribution in [2.75, 3.05) is 13.1 Å². The molecule has 0 spiro atoms. The molecular formula is C16H23NO4. The molecule has 0 atom stereocenters. The second-order valence-corrected chi connectivity index (χ2v) is 4.88. The molecule has 0 saturated carbocycles. The Balaban J connectivity index is 2.52. The van der Waals surface area contributed by atoms with E-state index in [1.165, 1.54) is 12.3 Å². The van der Waals surface area contributed by atoms with E-state index >= 15 is 0 Å². The van der Waals surface area contributed by atoms with Crippen LogP contribution < -0.4 is 0 Å². The third kappa shape index (κ3) is 7.34. The fraction of sp³-hybridized carbons (Fsp3) is 0.500. The highest BCUT2D eigenvalue weighted by Crippen LogP contribution is 2.06. The topological polar surface area (TPSA) is 70.8 Å². The maximum atomic E-state index is 12.1. The highest BCUT2D eigenvalue weighted by Gasteiger charge is 2.12. The third-order valence-corrected chi connectivity index (χ3v) is 3.12. The van der Waals surface area contributed by atoms with Crippen molar-refractivity contribution < 1.29 is 19.1 Å². The molecule has 21 heavy (non-hydrogen) atoms. The van der Waals surface area contributed by atoms with E-state index in [-0.39, 0.29) is 18.9 Å². The third-order valence-electron chi connectivity index (χ3n) is 3.12. The van der Waals surface area contributed by atoms with Gasteiger partial charge >= 0.3 is 5.97 Å². The number of amides is 1. The van der Waals surface area contributed by atoms with Crippen LogP contribution in [0, 0.1) is 0 Å². The van der Waals surface area contributed by atoms with Crippen LogP contribution in [0.25, 0.3) is 6.08 Å². The number of carboxylic acids is 1. The highest BCUT2D eigenvalue weighted by molar-refractivity contribution is 5.91. The molecule has 5 nitrogen and oxygen atoms in total. The lowest BCUT2D eigenvalue weighted by Gasteiger charge is -2.20. The van der Waals surface area contributed by atoms with E-state index in [2.05, 4.69) is 6.92 Å². The van der Waals surface area contributed by atoms with Gasteiger partial charge in [-0.3, -0.25) is 9.59 Å². The first kappa shape index (κ1) is 17.0. The van der Waals surface area contributed by atoms with Crippen molar-refractivity contribution in [3.05, 3.63) is 30.2 Å². The Labute approximate surface area is 125 Å². The fourth-order valence-electron chi connectivity index (χ4n) is 1.94. The van der Waals surface area contributed by atoms with Crippen LogP contribution in [-0.2, 0) is 9.59 Å². The molecule has 0 fully saturated rings. The summed E-state index contributed by atoms with van der Waals surface area (Å²) in [5.41, 5.74) is 0. The molecule has 0 aliphatic heterocycles. The molecule has 0 aliphatic rings. The summed E-state index contributed by atoms with van der Waals surface area (Å²) < 4.78 is 5.12. The van der Waals surface area contributed by atoms with Gasteiger partial charge in [0.2, 0.25) is 5.91 Å². The number of carboxylic acid groups (broad SMARTS) is 1. The van der Waals surface area contributed by atoms with Crippen LogP contribution in [-0.4, -0.2) is 35.0 Å². The summed E-state index contributed by atoms with van der Waals surface area (Å²) in [6.07, 6.45) is 8.74. The average Bonchev–Trinajstić information content (AvgIpc) is 2.97. The van der Waals surface area contributed by atoms with Crippen LogP contribution in [0.2, 0.25) is 0 Å². The molecule has 0 saturated heterocycles. The molecule has 0 unspecified atom stereocenters. The molecule has 1 N–H and O–H groups in total. The molecule has 1 aromatic heterocycles. The lowest BCUT2D eigenvalue weighted by molar-refractivity contribution is -0.138.